The molecule has 0 unspecified atom stereocenters. The molecule has 2 amide bonds. The third-order valence-corrected chi connectivity index (χ3v) is 5.03. The van der Waals surface area contributed by atoms with Gasteiger partial charge in [0, 0.05) is 36.3 Å². The van der Waals surface area contributed by atoms with Crippen LogP contribution in [0.2, 0.25) is 0 Å². The number of pyridine rings is 1. The van der Waals surface area contributed by atoms with Crippen molar-refractivity contribution in [2.45, 2.75) is 13.3 Å². The number of nitrogens with zero attached hydrogens (tertiary/aromatic N) is 2. The Bertz CT molecular complexity index is 1040. The molecule has 8 heteroatoms. The van der Waals surface area contributed by atoms with Crippen molar-refractivity contribution in [1.29, 1.82) is 0 Å². The van der Waals surface area contributed by atoms with Crippen molar-refractivity contribution in [2.75, 3.05) is 53.8 Å². The van der Waals surface area contributed by atoms with E-state index in [2.05, 4.69) is 27.9 Å². The molecule has 1 aromatic heterocycles. The zero-order valence-corrected chi connectivity index (χ0v) is 18.7. The van der Waals surface area contributed by atoms with Gasteiger partial charge in [-0.3, -0.25) is 4.90 Å². The van der Waals surface area contributed by atoms with Crippen molar-refractivity contribution in [3.8, 4) is 5.75 Å². The van der Waals surface area contributed by atoms with Gasteiger partial charge < -0.3 is 25.4 Å². The third-order valence-electron chi connectivity index (χ3n) is 5.03. The summed E-state index contributed by atoms with van der Waals surface area (Å²) in [7, 11) is 0. The molecule has 0 radical (unpaired) electrons. The Morgan fingerprint density at radius 3 is 2.61 bits per heavy atom. The van der Waals surface area contributed by atoms with Gasteiger partial charge in [-0.2, -0.15) is 0 Å². The van der Waals surface area contributed by atoms with E-state index in [0.29, 0.717) is 31.3 Å². The van der Waals surface area contributed by atoms with Crippen LogP contribution in [0, 0.1) is 0 Å². The topological polar surface area (TPSA) is 87.8 Å². The molecule has 3 aromatic rings. The van der Waals surface area contributed by atoms with E-state index >= 15 is 0 Å². The summed E-state index contributed by atoms with van der Waals surface area (Å²) in [5.41, 5.74) is 3.49. The Morgan fingerprint density at radius 2 is 1.82 bits per heavy atom. The number of urea groups is 1. The van der Waals surface area contributed by atoms with Crippen molar-refractivity contribution < 1.29 is 14.3 Å². The first-order valence-electron chi connectivity index (χ1n) is 11.2. The lowest BCUT2D eigenvalue weighted by Gasteiger charge is -2.28. The third kappa shape index (κ3) is 6.14. The summed E-state index contributed by atoms with van der Waals surface area (Å²) in [5, 5.41) is 9.57. The van der Waals surface area contributed by atoms with Gasteiger partial charge in [0.2, 0.25) is 0 Å². The lowest BCUT2D eigenvalue weighted by molar-refractivity contribution is 0.144. The van der Waals surface area contributed by atoms with Gasteiger partial charge in [-0.15, -0.1) is 0 Å². The highest BCUT2D eigenvalue weighted by atomic mass is 16.5. The van der Waals surface area contributed by atoms with Crippen molar-refractivity contribution in [1.82, 2.24) is 4.98 Å². The lowest BCUT2D eigenvalue weighted by Crippen LogP contribution is -2.41. The van der Waals surface area contributed by atoms with Gasteiger partial charge in [-0.1, -0.05) is 25.1 Å². The molecule has 1 aliphatic heterocycles. The first kappa shape index (κ1) is 22.4. The van der Waals surface area contributed by atoms with E-state index in [1.165, 1.54) is 0 Å². The highest BCUT2D eigenvalue weighted by Crippen LogP contribution is 2.33. The monoisotopic (exact) mass is 447 g/mol. The van der Waals surface area contributed by atoms with E-state index in [-0.39, 0.29) is 6.03 Å². The number of hydrogen-bond acceptors (Lipinski definition) is 6. The van der Waals surface area contributed by atoms with Crippen molar-refractivity contribution in [3.05, 3.63) is 66.9 Å². The molecule has 0 saturated heterocycles. The quantitative estimate of drug-likeness (QED) is 0.396. The van der Waals surface area contributed by atoms with Crippen LogP contribution in [0.15, 0.2) is 66.9 Å². The number of fused-ring (bicyclic) bond motifs is 1. The average Bonchev–Trinajstić information content (AvgIpc) is 2.85. The van der Waals surface area contributed by atoms with Gasteiger partial charge in [0.1, 0.15) is 6.61 Å². The summed E-state index contributed by atoms with van der Waals surface area (Å²) in [6, 6.07) is 19.0. The number of aromatic nitrogens is 1. The summed E-state index contributed by atoms with van der Waals surface area (Å²) in [6.45, 7) is 5.19. The second-order valence-electron chi connectivity index (χ2n) is 7.58. The Kier molecular flexibility index (Phi) is 7.60. The molecule has 2 aromatic carbocycles. The maximum absolute atomic E-state index is 12.8. The van der Waals surface area contributed by atoms with Gasteiger partial charge in [0.05, 0.1) is 25.0 Å². The predicted octanol–water partition coefficient (Wildman–Crippen LogP) is 5.09. The Balaban J connectivity index is 1.36. The van der Waals surface area contributed by atoms with Gasteiger partial charge >= 0.3 is 6.03 Å². The molecule has 0 spiro atoms. The van der Waals surface area contributed by atoms with E-state index in [0.717, 1.165) is 42.3 Å². The number of para-hydroxylation sites is 1. The first-order chi connectivity index (χ1) is 16.2. The van der Waals surface area contributed by atoms with E-state index in [1.807, 2.05) is 60.7 Å². The van der Waals surface area contributed by atoms with Crippen LogP contribution in [0.1, 0.15) is 13.3 Å². The minimum absolute atomic E-state index is 0.234. The number of carbonyl (C=O) groups excluding carboxylic acids is 1. The second-order valence-corrected chi connectivity index (χ2v) is 7.58. The Labute approximate surface area is 193 Å². The predicted molar refractivity (Wildman–Crippen MR) is 132 cm³/mol. The fraction of sp³-hybridized carbons (Fsp3) is 0.280. The molecule has 0 fully saturated rings. The van der Waals surface area contributed by atoms with Gasteiger partial charge in [0.25, 0.3) is 0 Å². The molecular weight excluding hydrogens is 418 g/mol. The number of carbonyl (C=O) groups is 1. The molecule has 8 nitrogen and oxygen atoms in total. The first-order valence-corrected chi connectivity index (χ1v) is 11.2. The maximum Gasteiger partial charge on any atom is 0.327 e. The fourth-order valence-corrected chi connectivity index (χ4v) is 3.43. The largest absolute Gasteiger partial charge is 0.488 e. The summed E-state index contributed by atoms with van der Waals surface area (Å²) >= 11 is 0. The van der Waals surface area contributed by atoms with Gasteiger partial charge in [0.15, 0.2) is 11.6 Å². The smallest absolute Gasteiger partial charge is 0.327 e. The molecule has 0 saturated carbocycles. The average molecular weight is 448 g/mol. The van der Waals surface area contributed by atoms with Gasteiger partial charge in [-0.05, 0) is 42.8 Å². The van der Waals surface area contributed by atoms with Crippen molar-refractivity contribution >= 4 is 34.6 Å². The maximum atomic E-state index is 12.8. The molecule has 3 N–H and O–H groups in total. The number of nitrogens with one attached hydrogen (secondary N) is 3. The molecule has 2 heterocycles. The van der Waals surface area contributed by atoms with Crippen LogP contribution in [0.5, 0.6) is 5.75 Å². The minimum Gasteiger partial charge on any atom is -0.488 e. The standard InChI is InChI=1S/C25H29N5O3/c1-2-14-32-15-12-26-19-8-10-21(11-9-19)28-22-17-23-24(27-18-22)30(13-16-33-23)25(31)29-20-6-4-3-5-7-20/h3-11,17-18,26,28H,2,12-16H2,1H3,(H,29,31). The zero-order valence-electron chi connectivity index (χ0n) is 18.7. The second kappa shape index (κ2) is 11.2. The summed E-state index contributed by atoms with van der Waals surface area (Å²) in [4.78, 5) is 18.8. The van der Waals surface area contributed by atoms with Crippen molar-refractivity contribution in [2.24, 2.45) is 0 Å². The summed E-state index contributed by atoms with van der Waals surface area (Å²) in [5.74, 6) is 1.07. The molecule has 172 valence electrons. The Hall–Kier alpha value is -3.78. The van der Waals surface area contributed by atoms with Crippen LogP contribution in [0.25, 0.3) is 0 Å². The SMILES string of the molecule is CCCOCCNc1ccc(Nc2cnc3c(c2)OCCN3C(=O)Nc2ccccc2)cc1. The van der Waals surface area contributed by atoms with Crippen LogP contribution in [0.4, 0.5) is 33.4 Å². The van der Waals surface area contributed by atoms with E-state index in [4.69, 9.17) is 9.47 Å². The number of anilines is 5. The van der Waals surface area contributed by atoms with E-state index < -0.39 is 0 Å². The van der Waals surface area contributed by atoms with Crippen molar-refractivity contribution in [3.63, 3.8) is 0 Å². The van der Waals surface area contributed by atoms with Crippen LogP contribution < -0.4 is 25.6 Å². The fourth-order valence-electron chi connectivity index (χ4n) is 3.43. The number of hydrogen-bond donors (Lipinski definition) is 3. The molecule has 0 aliphatic carbocycles. The number of rotatable bonds is 9. The molecule has 0 bridgehead atoms. The number of amides is 2. The van der Waals surface area contributed by atoms with Gasteiger partial charge in [-0.25, -0.2) is 9.78 Å². The minimum atomic E-state index is -0.234. The normalized spacial score (nSPS) is 12.5. The molecule has 33 heavy (non-hydrogen) atoms. The van der Waals surface area contributed by atoms with E-state index in [9.17, 15) is 4.79 Å². The molecular formula is C25H29N5O3. The Morgan fingerprint density at radius 1 is 1.03 bits per heavy atom. The highest BCUT2D eigenvalue weighted by Gasteiger charge is 2.25. The van der Waals surface area contributed by atoms with E-state index in [1.54, 1.807) is 11.1 Å². The van der Waals surface area contributed by atoms with Crippen LogP contribution >= 0.6 is 0 Å². The number of ether oxygens (including phenoxy) is 2. The zero-order chi connectivity index (χ0) is 22.9. The number of benzene rings is 2. The summed E-state index contributed by atoms with van der Waals surface area (Å²) in [6.07, 6.45) is 2.73. The molecule has 1 aliphatic rings. The lowest BCUT2D eigenvalue weighted by atomic mass is 10.2. The summed E-state index contributed by atoms with van der Waals surface area (Å²) < 4.78 is 11.3. The van der Waals surface area contributed by atoms with Crippen LogP contribution in [-0.2, 0) is 4.74 Å². The van der Waals surface area contributed by atoms with Crippen LogP contribution in [0.3, 0.4) is 0 Å². The highest BCUT2D eigenvalue weighted by molar-refractivity contribution is 6.02. The molecule has 4 rings (SSSR count). The van der Waals surface area contributed by atoms with Crippen LogP contribution in [-0.4, -0.2) is 43.9 Å². The molecule has 0 atom stereocenters.